The van der Waals surface area contributed by atoms with Crippen LogP contribution in [-0.4, -0.2) is 23.9 Å². The summed E-state index contributed by atoms with van der Waals surface area (Å²) in [5.41, 5.74) is 0.864. The van der Waals surface area contributed by atoms with Gasteiger partial charge in [-0.1, -0.05) is 23.7 Å². The Bertz CT molecular complexity index is 822. The number of nitro groups is 1. The number of nitrogens with zero attached hydrogens (tertiary/aromatic N) is 1. The topological polar surface area (TPSA) is 93.5 Å². The van der Waals surface area contributed by atoms with Gasteiger partial charge in [0.2, 0.25) is 11.7 Å². The number of ether oxygens (including phenoxy) is 1. The van der Waals surface area contributed by atoms with Crippen LogP contribution >= 0.6 is 11.6 Å². The van der Waals surface area contributed by atoms with Gasteiger partial charge in [0.15, 0.2) is 0 Å². The second kappa shape index (κ2) is 8.83. The molecule has 0 heterocycles. The van der Waals surface area contributed by atoms with E-state index in [9.17, 15) is 14.9 Å². The zero-order valence-electron chi connectivity index (χ0n) is 14.6. The van der Waals surface area contributed by atoms with Crippen molar-refractivity contribution in [1.82, 2.24) is 10.6 Å². The second-order valence-corrected chi connectivity index (χ2v) is 6.79. The van der Waals surface area contributed by atoms with E-state index in [1.54, 1.807) is 18.2 Å². The van der Waals surface area contributed by atoms with E-state index in [0.717, 1.165) is 18.4 Å². The predicted octanol–water partition coefficient (Wildman–Crippen LogP) is 3.66. The van der Waals surface area contributed by atoms with E-state index in [1.165, 1.54) is 12.1 Å². The number of rotatable bonds is 9. The third kappa shape index (κ3) is 5.67. The summed E-state index contributed by atoms with van der Waals surface area (Å²) >= 11 is 5.80. The first kappa shape index (κ1) is 19.1. The van der Waals surface area contributed by atoms with Gasteiger partial charge >= 0.3 is 5.69 Å². The highest BCUT2D eigenvalue weighted by molar-refractivity contribution is 6.30. The molecule has 3 rings (SSSR count). The molecule has 27 heavy (non-hydrogen) atoms. The Balaban J connectivity index is 1.47. The highest BCUT2D eigenvalue weighted by Crippen LogP contribution is 2.33. The number of carbonyl (C=O) groups is 1. The number of nitrogens with one attached hydrogen (secondary N) is 2. The molecule has 1 amide bonds. The minimum absolute atomic E-state index is 0.140. The van der Waals surface area contributed by atoms with Crippen molar-refractivity contribution in [3.8, 4) is 11.5 Å². The van der Waals surface area contributed by atoms with Crippen LogP contribution in [0.15, 0.2) is 42.5 Å². The fourth-order valence-corrected chi connectivity index (χ4v) is 2.68. The van der Waals surface area contributed by atoms with Gasteiger partial charge in [0.05, 0.1) is 4.92 Å². The van der Waals surface area contributed by atoms with Crippen LogP contribution in [0, 0.1) is 16.0 Å². The Morgan fingerprint density at radius 3 is 2.59 bits per heavy atom. The number of hydrogen-bond donors (Lipinski definition) is 2. The van der Waals surface area contributed by atoms with Crippen molar-refractivity contribution in [2.24, 2.45) is 5.92 Å². The lowest BCUT2D eigenvalue weighted by molar-refractivity contribution is -0.385. The van der Waals surface area contributed by atoms with Crippen molar-refractivity contribution in [2.45, 2.75) is 19.4 Å². The maximum absolute atomic E-state index is 11.5. The van der Waals surface area contributed by atoms with E-state index in [2.05, 4.69) is 10.6 Å². The molecule has 0 aliphatic heterocycles. The number of hydrogen-bond acceptors (Lipinski definition) is 5. The van der Waals surface area contributed by atoms with Crippen LogP contribution in [0.3, 0.4) is 0 Å². The maximum atomic E-state index is 11.5. The van der Waals surface area contributed by atoms with Gasteiger partial charge in [-0.05, 0) is 42.7 Å². The van der Waals surface area contributed by atoms with Gasteiger partial charge in [0, 0.05) is 36.6 Å². The Labute approximate surface area is 161 Å². The molecule has 1 fully saturated rings. The molecule has 0 atom stereocenters. The van der Waals surface area contributed by atoms with E-state index >= 15 is 0 Å². The van der Waals surface area contributed by atoms with E-state index in [4.69, 9.17) is 16.3 Å². The molecule has 0 aromatic heterocycles. The molecule has 0 bridgehead atoms. The van der Waals surface area contributed by atoms with Crippen LogP contribution in [-0.2, 0) is 11.3 Å². The molecule has 1 saturated carbocycles. The highest BCUT2D eigenvalue weighted by atomic mass is 35.5. The van der Waals surface area contributed by atoms with Crippen LogP contribution in [0.2, 0.25) is 5.02 Å². The fourth-order valence-electron chi connectivity index (χ4n) is 2.52. The monoisotopic (exact) mass is 389 g/mol. The van der Waals surface area contributed by atoms with Crippen LogP contribution < -0.4 is 15.4 Å². The molecule has 0 spiro atoms. The second-order valence-electron chi connectivity index (χ2n) is 6.36. The van der Waals surface area contributed by atoms with E-state index < -0.39 is 4.92 Å². The van der Waals surface area contributed by atoms with Crippen molar-refractivity contribution < 1.29 is 14.5 Å². The van der Waals surface area contributed by atoms with Gasteiger partial charge < -0.3 is 15.4 Å². The first-order valence-corrected chi connectivity index (χ1v) is 9.10. The lowest BCUT2D eigenvalue weighted by Crippen LogP contribution is -2.32. The average Bonchev–Trinajstić information content (AvgIpc) is 3.49. The Morgan fingerprint density at radius 1 is 1.19 bits per heavy atom. The van der Waals surface area contributed by atoms with Crippen molar-refractivity contribution in [3.05, 3.63) is 63.2 Å². The van der Waals surface area contributed by atoms with Gasteiger partial charge in [-0.25, -0.2) is 0 Å². The number of halogens is 1. The largest absolute Gasteiger partial charge is 0.450 e. The van der Waals surface area contributed by atoms with Crippen molar-refractivity contribution >= 4 is 23.2 Å². The first-order valence-electron chi connectivity index (χ1n) is 8.72. The number of benzene rings is 2. The number of amides is 1. The molecular weight excluding hydrogens is 370 g/mol. The molecule has 2 N–H and O–H groups in total. The molecule has 7 nitrogen and oxygen atoms in total. The highest BCUT2D eigenvalue weighted by Gasteiger charge is 2.28. The third-order valence-electron chi connectivity index (χ3n) is 4.15. The maximum Gasteiger partial charge on any atom is 0.313 e. The van der Waals surface area contributed by atoms with Crippen LogP contribution in [0.5, 0.6) is 11.5 Å². The van der Waals surface area contributed by atoms with E-state index in [0.29, 0.717) is 25.4 Å². The Hall–Kier alpha value is -2.64. The SMILES string of the molecule is O=C(NCCNCc1ccc(Oc2ccc(Cl)cc2[N+](=O)[O-])cc1)C1CC1. The quantitative estimate of drug-likeness (QED) is 0.388. The van der Waals surface area contributed by atoms with Crippen molar-refractivity contribution in [3.63, 3.8) is 0 Å². The molecule has 0 saturated heterocycles. The average molecular weight is 390 g/mol. The molecule has 8 heteroatoms. The molecule has 1 aliphatic carbocycles. The predicted molar refractivity (Wildman–Crippen MR) is 102 cm³/mol. The summed E-state index contributed by atoms with van der Waals surface area (Å²) in [6, 6.07) is 11.6. The smallest absolute Gasteiger partial charge is 0.313 e. The van der Waals surface area contributed by atoms with E-state index in [1.807, 2.05) is 12.1 Å². The lowest BCUT2D eigenvalue weighted by Gasteiger charge is -2.09. The van der Waals surface area contributed by atoms with Gasteiger partial charge in [-0.2, -0.15) is 0 Å². The number of carbonyl (C=O) groups excluding carboxylic acids is 1. The molecule has 2 aromatic carbocycles. The normalized spacial score (nSPS) is 13.2. The summed E-state index contributed by atoms with van der Waals surface area (Å²) in [6.45, 7) is 1.95. The molecular formula is C19H20ClN3O4. The summed E-state index contributed by atoms with van der Waals surface area (Å²) in [6.07, 6.45) is 2.01. The minimum Gasteiger partial charge on any atom is -0.450 e. The fraction of sp³-hybridized carbons (Fsp3) is 0.316. The molecule has 0 radical (unpaired) electrons. The lowest BCUT2D eigenvalue weighted by atomic mass is 10.2. The Kier molecular flexibility index (Phi) is 6.26. The Morgan fingerprint density at radius 2 is 1.93 bits per heavy atom. The summed E-state index contributed by atoms with van der Waals surface area (Å²) in [5.74, 6) is 1.02. The zero-order valence-corrected chi connectivity index (χ0v) is 15.4. The van der Waals surface area contributed by atoms with Gasteiger partial charge in [-0.3, -0.25) is 14.9 Å². The summed E-state index contributed by atoms with van der Waals surface area (Å²) < 4.78 is 5.61. The van der Waals surface area contributed by atoms with Crippen molar-refractivity contribution in [1.29, 1.82) is 0 Å². The standard InChI is InChI=1S/C19H20ClN3O4/c20-15-5-8-18(17(11-15)23(25)26)27-16-6-1-13(2-7-16)12-21-9-10-22-19(24)14-3-4-14/h1-2,5-8,11,14,21H,3-4,9-10,12H2,(H,22,24). The van der Waals surface area contributed by atoms with Crippen LogP contribution in [0.25, 0.3) is 0 Å². The van der Waals surface area contributed by atoms with Crippen molar-refractivity contribution in [2.75, 3.05) is 13.1 Å². The van der Waals surface area contributed by atoms with Crippen LogP contribution in [0.4, 0.5) is 5.69 Å². The summed E-state index contributed by atoms with van der Waals surface area (Å²) in [5, 5.41) is 17.5. The molecule has 1 aliphatic rings. The van der Waals surface area contributed by atoms with Gasteiger partial charge in [0.25, 0.3) is 0 Å². The van der Waals surface area contributed by atoms with Gasteiger partial charge in [-0.15, -0.1) is 0 Å². The summed E-state index contributed by atoms with van der Waals surface area (Å²) in [4.78, 5) is 22.1. The molecule has 142 valence electrons. The third-order valence-corrected chi connectivity index (χ3v) is 4.38. The van der Waals surface area contributed by atoms with Crippen LogP contribution in [0.1, 0.15) is 18.4 Å². The first-order chi connectivity index (χ1) is 13.0. The molecule has 2 aromatic rings. The number of nitro benzene ring substituents is 1. The minimum atomic E-state index is -0.526. The van der Waals surface area contributed by atoms with Gasteiger partial charge in [0.1, 0.15) is 5.75 Å². The summed E-state index contributed by atoms with van der Waals surface area (Å²) in [7, 11) is 0. The molecule has 0 unspecified atom stereocenters. The zero-order chi connectivity index (χ0) is 19.2. The van der Waals surface area contributed by atoms with E-state index in [-0.39, 0.29) is 28.3 Å².